The fourth-order valence-electron chi connectivity index (χ4n) is 4.47. The predicted molar refractivity (Wildman–Crippen MR) is 117 cm³/mol. The quantitative estimate of drug-likeness (QED) is 0.543. The second-order valence-corrected chi connectivity index (χ2v) is 8.47. The largest absolute Gasteiger partial charge is 0.473 e. The molecule has 0 bridgehead atoms. The highest BCUT2D eigenvalue weighted by atomic mass is 16.5. The van der Waals surface area contributed by atoms with Gasteiger partial charge in [-0.15, -0.1) is 5.10 Å². The molecule has 2 fully saturated rings. The molecule has 2 N–H and O–H groups in total. The lowest BCUT2D eigenvalue weighted by Crippen LogP contribution is -2.43. The summed E-state index contributed by atoms with van der Waals surface area (Å²) in [5.74, 6) is 1.30. The van der Waals surface area contributed by atoms with E-state index < -0.39 is 0 Å². The van der Waals surface area contributed by atoms with Crippen LogP contribution in [0.1, 0.15) is 19.8 Å². The number of furan rings is 1. The number of hydrogen-bond acceptors (Lipinski definition) is 7. The van der Waals surface area contributed by atoms with Crippen LogP contribution in [0.4, 0.5) is 5.69 Å². The van der Waals surface area contributed by atoms with Gasteiger partial charge in [-0.3, -0.25) is 0 Å². The molecule has 3 aromatic heterocycles. The van der Waals surface area contributed by atoms with Crippen molar-refractivity contribution in [2.24, 2.45) is 5.73 Å². The summed E-state index contributed by atoms with van der Waals surface area (Å²) in [6.07, 6.45) is 3.65. The van der Waals surface area contributed by atoms with Crippen LogP contribution in [-0.4, -0.2) is 52.5 Å². The lowest BCUT2D eigenvalue weighted by atomic mass is 9.90. The van der Waals surface area contributed by atoms with Crippen molar-refractivity contribution < 1.29 is 13.9 Å². The number of ether oxygens (including phenoxy) is 2. The molecule has 1 atom stereocenters. The Kier molecular flexibility index (Phi) is 4.36. The van der Waals surface area contributed by atoms with Crippen molar-refractivity contribution in [2.75, 3.05) is 24.7 Å². The lowest BCUT2D eigenvalue weighted by Gasteiger charge is -2.35. The molecule has 1 saturated carbocycles. The Morgan fingerprint density at radius 3 is 2.94 bits per heavy atom. The van der Waals surface area contributed by atoms with Crippen molar-refractivity contribution >= 4 is 22.3 Å². The van der Waals surface area contributed by atoms with E-state index in [1.54, 1.807) is 10.7 Å². The summed E-state index contributed by atoms with van der Waals surface area (Å²) in [6.45, 7) is 4.51. The molecule has 160 valence electrons. The van der Waals surface area contributed by atoms with E-state index in [2.05, 4.69) is 34.0 Å². The van der Waals surface area contributed by atoms with Gasteiger partial charge in [-0.25, -0.2) is 9.50 Å². The maximum absolute atomic E-state index is 6.24. The second kappa shape index (κ2) is 7.25. The lowest BCUT2D eigenvalue weighted by molar-refractivity contribution is 0.0944. The summed E-state index contributed by atoms with van der Waals surface area (Å²) in [5.41, 5.74) is 9.42. The van der Waals surface area contributed by atoms with Gasteiger partial charge in [0.15, 0.2) is 11.4 Å². The first-order valence-electron chi connectivity index (χ1n) is 10.8. The average Bonchev–Trinajstić information content (AvgIpc) is 3.36. The number of aromatic nitrogens is 3. The number of nitrogens with zero attached hydrogens (tertiary/aromatic N) is 4. The number of morpholine rings is 1. The number of rotatable bonds is 4. The highest BCUT2D eigenvalue weighted by Gasteiger charge is 2.28. The van der Waals surface area contributed by atoms with Crippen LogP contribution in [0.15, 0.2) is 47.0 Å². The van der Waals surface area contributed by atoms with Crippen LogP contribution in [-0.2, 0) is 4.74 Å². The Morgan fingerprint density at radius 1 is 1.19 bits per heavy atom. The Hall–Kier alpha value is -3.10. The summed E-state index contributed by atoms with van der Waals surface area (Å²) in [6, 6.07) is 12.6. The van der Waals surface area contributed by atoms with Crippen LogP contribution in [0.25, 0.3) is 28.1 Å². The van der Waals surface area contributed by atoms with Gasteiger partial charge in [0.2, 0.25) is 5.88 Å². The Balaban J connectivity index is 1.38. The second-order valence-electron chi connectivity index (χ2n) is 8.47. The first-order chi connectivity index (χ1) is 15.2. The molecule has 4 aromatic rings. The molecular formula is C23H25N5O3. The van der Waals surface area contributed by atoms with Crippen molar-refractivity contribution in [1.29, 1.82) is 0 Å². The SMILES string of the molecule is C[C@H]1COCCN1c1cccc2oc(-c3cnc4ccc(OC5CC(N)C5)nn34)cc12. The fraction of sp³-hybridized carbons (Fsp3) is 0.391. The predicted octanol–water partition coefficient (Wildman–Crippen LogP) is 3.24. The molecule has 8 heteroatoms. The summed E-state index contributed by atoms with van der Waals surface area (Å²) in [5, 5.41) is 5.74. The summed E-state index contributed by atoms with van der Waals surface area (Å²) in [7, 11) is 0. The van der Waals surface area contributed by atoms with Crippen LogP contribution in [0.2, 0.25) is 0 Å². The van der Waals surface area contributed by atoms with E-state index in [4.69, 9.17) is 19.6 Å². The molecule has 1 aromatic carbocycles. The van der Waals surface area contributed by atoms with Gasteiger partial charge in [0.25, 0.3) is 0 Å². The highest BCUT2D eigenvalue weighted by molar-refractivity contribution is 5.94. The minimum Gasteiger partial charge on any atom is -0.473 e. The molecule has 31 heavy (non-hydrogen) atoms. The zero-order valence-corrected chi connectivity index (χ0v) is 17.4. The van der Waals surface area contributed by atoms with Gasteiger partial charge in [0.05, 0.1) is 19.4 Å². The summed E-state index contributed by atoms with van der Waals surface area (Å²) >= 11 is 0. The minimum absolute atomic E-state index is 0.135. The van der Waals surface area contributed by atoms with E-state index in [1.165, 1.54) is 0 Å². The number of anilines is 1. The molecule has 1 aliphatic carbocycles. The standard InChI is InChI=1S/C23H25N5O3/c1-14-13-29-8-7-27(14)18-3-2-4-20-17(18)11-21(31-20)19-12-25-22-5-6-23(26-28(19)22)30-16-9-15(24)10-16/h2-6,11-12,14-16H,7-10,13,24H2,1H3/t14-,15?,16?/m0/s1. The molecule has 0 unspecified atom stereocenters. The molecule has 0 radical (unpaired) electrons. The minimum atomic E-state index is 0.135. The van der Waals surface area contributed by atoms with E-state index in [0.717, 1.165) is 66.4 Å². The third kappa shape index (κ3) is 3.23. The van der Waals surface area contributed by atoms with Crippen molar-refractivity contribution in [1.82, 2.24) is 14.6 Å². The molecule has 2 aliphatic rings. The Bertz CT molecular complexity index is 1240. The monoisotopic (exact) mass is 419 g/mol. The third-order valence-corrected chi connectivity index (χ3v) is 6.22. The van der Waals surface area contributed by atoms with Crippen molar-refractivity contribution in [3.8, 4) is 17.3 Å². The van der Waals surface area contributed by atoms with Crippen molar-refractivity contribution in [2.45, 2.75) is 38.0 Å². The maximum Gasteiger partial charge on any atom is 0.232 e. The normalized spacial score (nSPS) is 23.9. The van der Waals surface area contributed by atoms with Gasteiger partial charge in [-0.1, -0.05) is 6.07 Å². The zero-order valence-electron chi connectivity index (χ0n) is 17.4. The van der Waals surface area contributed by atoms with E-state index in [0.29, 0.717) is 11.9 Å². The first-order valence-corrected chi connectivity index (χ1v) is 10.8. The van der Waals surface area contributed by atoms with E-state index >= 15 is 0 Å². The zero-order chi connectivity index (χ0) is 20.9. The van der Waals surface area contributed by atoms with E-state index in [1.807, 2.05) is 24.3 Å². The van der Waals surface area contributed by atoms with Crippen LogP contribution >= 0.6 is 0 Å². The highest BCUT2D eigenvalue weighted by Crippen LogP contribution is 2.35. The van der Waals surface area contributed by atoms with Gasteiger partial charge in [-0.05, 0) is 44.0 Å². The Labute approximate surface area is 179 Å². The summed E-state index contributed by atoms with van der Waals surface area (Å²) < 4.78 is 19.6. The smallest absolute Gasteiger partial charge is 0.232 e. The maximum atomic E-state index is 6.24. The van der Waals surface area contributed by atoms with Crippen LogP contribution in [0, 0.1) is 0 Å². The molecule has 8 nitrogen and oxygen atoms in total. The number of imidazole rings is 1. The molecule has 0 amide bonds. The van der Waals surface area contributed by atoms with Gasteiger partial charge in [0.1, 0.15) is 17.4 Å². The summed E-state index contributed by atoms with van der Waals surface area (Å²) in [4.78, 5) is 6.88. The third-order valence-electron chi connectivity index (χ3n) is 6.22. The van der Waals surface area contributed by atoms with Crippen LogP contribution < -0.4 is 15.4 Å². The fourth-order valence-corrected chi connectivity index (χ4v) is 4.47. The first kappa shape index (κ1) is 18.7. The van der Waals surface area contributed by atoms with E-state index in [-0.39, 0.29) is 12.1 Å². The van der Waals surface area contributed by atoms with Gasteiger partial charge >= 0.3 is 0 Å². The number of hydrogen-bond donors (Lipinski definition) is 1. The van der Waals surface area contributed by atoms with Crippen LogP contribution in [0.5, 0.6) is 5.88 Å². The average molecular weight is 419 g/mol. The molecule has 1 aliphatic heterocycles. The molecule has 0 spiro atoms. The number of nitrogens with two attached hydrogens (primary N) is 1. The van der Waals surface area contributed by atoms with Crippen molar-refractivity contribution in [3.05, 3.63) is 42.6 Å². The molecule has 1 saturated heterocycles. The Morgan fingerprint density at radius 2 is 2.10 bits per heavy atom. The van der Waals surface area contributed by atoms with E-state index in [9.17, 15) is 0 Å². The number of fused-ring (bicyclic) bond motifs is 2. The van der Waals surface area contributed by atoms with Gasteiger partial charge < -0.3 is 24.5 Å². The molecular weight excluding hydrogens is 394 g/mol. The molecule has 6 rings (SSSR count). The number of benzene rings is 1. The topological polar surface area (TPSA) is 91.0 Å². The van der Waals surface area contributed by atoms with Crippen molar-refractivity contribution in [3.63, 3.8) is 0 Å². The van der Waals surface area contributed by atoms with Gasteiger partial charge in [0, 0.05) is 35.8 Å². The van der Waals surface area contributed by atoms with Gasteiger partial charge in [-0.2, -0.15) is 0 Å². The molecule has 4 heterocycles. The van der Waals surface area contributed by atoms with Crippen LogP contribution in [0.3, 0.4) is 0 Å².